The third-order valence-corrected chi connectivity index (χ3v) is 3.60. The molecule has 17 heavy (non-hydrogen) atoms. The van der Waals surface area contributed by atoms with Gasteiger partial charge in [-0.1, -0.05) is 36.0 Å². The Labute approximate surface area is 112 Å². The normalized spacial score (nSPS) is 17.1. The lowest BCUT2D eigenvalue weighted by Crippen LogP contribution is -2.29. The Morgan fingerprint density at radius 3 is 2.41 bits per heavy atom. The van der Waals surface area contributed by atoms with Crippen LogP contribution in [0.4, 0.5) is 0 Å². The molecule has 1 saturated carbocycles. The summed E-state index contributed by atoms with van der Waals surface area (Å²) in [5.74, 6) is 0.934. The van der Waals surface area contributed by atoms with Gasteiger partial charge in [0.15, 0.2) is 0 Å². The molecule has 0 radical (unpaired) electrons. The molecule has 94 valence electrons. The molecule has 2 nitrogen and oxygen atoms in total. The van der Waals surface area contributed by atoms with Gasteiger partial charge >= 0.3 is 0 Å². The van der Waals surface area contributed by atoms with Gasteiger partial charge in [-0.15, -0.1) is 0 Å². The van der Waals surface area contributed by atoms with Crippen molar-refractivity contribution in [2.75, 3.05) is 13.1 Å². The van der Waals surface area contributed by atoms with Gasteiger partial charge in [-0.3, -0.25) is 0 Å². The van der Waals surface area contributed by atoms with Crippen LogP contribution < -0.4 is 11.1 Å². The molecule has 0 bridgehead atoms. The molecule has 1 unspecified atom stereocenters. The Kier molecular flexibility index (Phi) is 4.69. The van der Waals surface area contributed by atoms with Crippen molar-refractivity contribution in [3.05, 3.63) is 33.8 Å². The Hall–Kier alpha value is -0.280. The fourth-order valence-electron chi connectivity index (χ4n) is 1.98. The van der Waals surface area contributed by atoms with Crippen molar-refractivity contribution >= 4 is 23.2 Å². The topological polar surface area (TPSA) is 38.0 Å². The molecule has 1 fully saturated rings. The van der Waals surface area contributed by atoms with Crippen LogP contribution in [-0.4, -0.2) is 13.1 Å². The summed E-state index contributed by atoms with van der Waals surface area (Å²) < 4.78 is 0. The third-order valence-electron chi connectivity index (χ3n) is 3.16. The summed E-state index contributed by atoms with van der Waals surface area (Å²) in [5.41, 5.74) is 6.86. The van der Waals surface area contributed by atoms with Crippen molar-refractivity contribution in [2.24, 2.45) is 11.7 Å². The van der Waals surface area contributed by atoms with E-state index in [1.165, 1.54) is 19.3 Å². The van der Waals surface area contributed by atoms with E-state index in [4.69, 9.17) is 28.9 Å². The minimum atomic E-state index is 0.143. The summed E-state index contributed by atoms with van der Waals surface area (Å²) in [6, 6.07) is 5.74. The first kappa shape index (κ1) is 13.2. The zero-order valence-electron chi connectivity index (χ0n) is 9.76. The van der Waals surface area contributed by atoms with E-state index in [0.29, 0.717) is 16.6 Å². The highest BCUT2D eigenvalue weighted by atomic mass is 35.5. The maximum Gasteiger partial charge on any atom is 0.0445 e. The minimum absolute atomic E-state index is 0.143. The molecule has 0 amide bonds. The molecular weight excluding hydrogens is 255 g/mol. The number of benzene rings is 1. The quantitative estimate of drug-likeness (QED) is 0.833. The summed E-state index contributed by atoms with van der Waals surface area (Å²) in [6.07, 6.45) is 4.01. The molecule has 2 rings (SSSR count). The predicted molar refractivity (Wildman–Crippen MR) is 73.6 cm³/mol. The first-order chi connectivity index (χ1) is 8.19. The van der Waals surface area contributed by atoms with Gasteiger partial charge < -0.3 is 11.1 Å². The van der Waals surface area contributed by atoms with Crippen LogP contribution in [0.15, 0.2) is 18.2 Å². The monoisotopic (exact) mass is 272 g/mol. The number of halogens is 2. The van der Waals surface area contributed by atoms with E-state index in [9.17, 15) is 0 Å². The zero-order valence-corrected chi connectivity index (χ0v) is 11.3. The van der Waals surface area contributed by atoms with Crippen LogP contribution in [0.2, 0.25) is 10.0 Å². The summed E-state index contributed by atoms with van der Waals surface area (Å²) in [7, 11) is 0. The molecule has 4 heteroatoms. The highest BCUT2D eigenvalue weighted by molar-refractivity contribution is 6.34. The lowest BCUT2D eigenvalue weighted by Gasteiger charge is -2.17. The van der Waals surface area contributed by atoms with E-state index < -0.39 is 0 Å². The Morgan fingerprint density at radius 2 is 1.88 bits per heavy atom. The van der Waals surface area contributed by atoms with E-state index in [2.05, 4.69) is 5.32 Å². The highest BCUT2D eigenvalue weighted by Gasteiger charge is 2.21. The highest BCUT2D eigenvalue weighted by Crippen LogP contribution is 2.32. The Bertz CT molecular complexity index is 357. The van der Waals surface area contributed by atoms with Crippen molar-refractivity contribution in [1.29, 1.82) is 0 Å². The van der Waals surface area contributed by atoms with Gasteiger partial charge in [0.1, 0.15) is 0 Å². The van der Waals surface area contributed by atoms with Crippen molar-refractivity contribution in [2.45, 2.75) is 25.3 Å². The van der Waals surface area contributed by atoms with Gasteiger partial charge in [-0.05, 0) is 42.6 Å². The minimum Gasteiger partial charge on any atom is -0.329 e. The van der Waals surface area contributed by atoms with Crippen LogP contribution in [0.25, 0.3) is 0 Å². The lowest BCUT2D eigenvalue weighted by atomic mass is 10.1. The molecule has 1 atom stereocenters. The second-order valence-corrected chi connectivity index (χ2v) is 5.55. The summed E-state index contributed by atoms with van der Waals surface area (Å²) in [4.78, 5) is 0. The molecule has 3 N–H and O–H groups in total. The van der Waals surface area contributed by atoms with Crippen molar-refractivity contribution < 1.29 is 0 Å². The van der Waals surface area contributed by atoms with Crippen molar-refractivity contribution in [3.8, 4) is 0 Å². The van der Waals surface area contributed by atoms with E-state index >= 15 is 0 Å². The van der Waals surface area contributed by atoms with Crippen LogP contribution >= 0.6 is 23.2 Å². The first-order valence-corrected chi connectivity index (χ1v) is 6.84. The standard InChI is InChI=1S/C13H18Cl2N2/c14-11-5-10(6-12(15)7-11)13(8-16)17-4-3-9-1-2-9/h5-7,9,13,17H,1-4,8,16H2. The number of rotatable bonds is 6. The Morgan fingerprint density at radius 1 is 1.24 bits per heavy atom. The maximum absolute atomic E-state index is 5.99. The fraction of sp³-hybridized carbons (Fsp3) is 0.538. The zero-order chi connectivity index (χ0) is 12.3. The molecule has 1 aromatic rings. The summed E-state index contributed by atoms with van der Waals surface area (Å²) in [6.45, 7) is 1.57. The van der Waals surface area contributed by atoms with Crippen LogP contribution in [0, 0.1) is 5.92 Å². The van der Waals surface area contributed by atoms with Crippen LogP contribution in [0.1, 0.15) is 30.9 Å². The smallest absolute Gasteiger partial charge is 0.0445 e. The van der Waals surface area contributed by atoms with Gasteiger partial charge in [-0.25, -0.2) is 0 Å². The molecule has 1 aliphatic rings. The molecular formula is C13H18Cl2N2. The molecule has 0 aromatic heterocycles. The SMILES string of the molecule is NCC(NCCC1CC1)c1cc(Cl)cc(Cl)c1. The van der Waals surface area contributed by atoms with Gasteiger partial charge in [0, 0.05) is 22.6 Å². The maximum atomic E-state index is 5.99. The molecule has 1 aliphatic carbocycles. The van der Waals surface area contributed by atoms with Gasteiger partial charge in [0.2, 0.25) is 0 Å². The third kappa shape index (κ3) is 4.14. The summed E-state index contributed by atoms with van der Waals surface area (Å²) in [5, 5.41) is 4.79. The largest absolute Gasteiger partial charge is 0.329 e. The molecule has 1 aromatic carbocycles. The average molecular weight is 273 g/mol. The molecule has 0 spiro atoms. The first-order valence-electron chi connectivity index (χ1n) is 6.08. The predicted octanol–water partition coefficient (Wildman–Crippen LogP) is 3.38. The van der Waals surface area contributed by atoms with Crippen LogP contribution in [-0.2, 0) is 0 Å². The van der Waals surface area contributed by atoms with Gasteiger partial charge in [-0.2, -0.15) is 0 Å². The lowest BCUT2D eigenvalue weighted by molar-refractivity contribution is 0.516. The summed E-state index contributed by atoms with van der Waals surface area (Å²) >= 11 is 12.0. The van der Waals surface area contributed by atoms with Crippen molar-refractivity contribution in [3.63, 3.8) is 0 Å². The van der Waals surface area contributed by atoms with Crippen LogP contribution in [0.3, 0.4) is 0 Å². The second-order valence-electron chi connectivity index (χ2n) is 4.68. The number of nitrogens with two attached hydrogens (primary N) is 1. The Balaban J connectivity index is 1.94. The van der Waals surface area contributed by atoms with Gasteiger partial charge in [0.25, 0.3) is 0 Å². The fourth-order valence-corrected chi connectivity index (χ4v) is 2.52. The number of nitrogens with one attached hydrogen (secondary N) is 1. The number of hydrogen-bond donors (Lipinski definition) is 2. The van der Waals surface area contributed by atoms with Crippen LogP contribution in [0.5, 0.6) is 0 Å². The van der Waals surface area contributed by atoms with E-state index in [1.54, 1.807) is 6.07 Å². The number of hydrogen-bond acceptors (Lipinski definition) is 2. The second kappa shape index (κ2) is 6.05. The average Bonchev–Trinajstić information content (AvgIpc) is 3.06. The van der Waals surface area contributed by atoms with Gasteiger partial charge in [0.05, 0.1) is 0 Å². The van der Waals surface area contributed by atoms with E-state index in [1.807, 2.05) is 12.1 Å². The van der Waals surface area contributed by atoms with Crippen molar-refractivity contribution in [1.82, 2.24) is 5.32 Å². The molecule has 0 heterocycles. The van der Waals surface area contributed by atoms with E-state index in [-0.39, 0.29) is 6.04 Å². The molecule has 0 saturated heterocycles. The molecule has 0 aliphatic heterocycles. The van der Waals surface area contributed by atoms with E-state index in [0.717, 1.165) is 18.0 Å².